The average molecular weight is 277 g/mol. The Bertz CT molecular complexity index is 600. The number of nitrogens with zero attached hydrogens (tertiary/aromatic N) is 1. The van der Waals surface area contributed by atoms with Crippen LogP contribution in [-0.2, 0) is 21.5 Å². The summed E-state index contributed by atoms with van der Waals surface area (Å²) in [4.78, 5) is 26.4. The minimum absolute atomic E-state index is 0.0400. The molecular formula is C14H13ClN2O2. The Kier molecular flexibility index (Phi) is 2.92. The molecule has 98 valence electrons. The fraction of sp³-hybridized carbons (Fsp3) is 0.429. The summed E-state index contributed by atoms with van der Waals surface area (Å²) in [6, 6.07) is 3.61. The average Bonchev–Trinajstić information content (AvgIpc) is 2.95. The fourth-order valence-electron chi connectivity index (χ4n) is 3.16. The second-order valence-electron chi connectivity index (χ2n) is 5.15. The molecule has 1 fully saturated rings. The van der Waals surface area contributed by atoms with E-state index in [1.165, 1.54) is 0 Å². The first-order valence-electron chi connectivity index (χ1n) is 6.36. The van der Waals surface area contributed by atoms with E-state index in [0.717, 1.165) is 42.5 Å². The number of aliphatic imine (C=N–C) groups is 1. The maximum Gasteiger partial charge on any atom is 0.235 e. The van der Waals surface area contributed by atoms with Gasteiger partial charge in [0.05, 0.1) is 12.1 Å². The minimum Gasteiger partial charge on any atom is -0.325 e. The molecule has 0 spiro atoms. The van der Waals surface area contributed by atoms with Gasteiger partial charge < -0.3 is 5.32 Å². The van der Waals surface area contributed by atoms with Gasteiger partial charge in [-0.15, -0.1) is 0 Å². The van der Waals surface area contributed by atoms with Gasteiger partial charge in [-0.3, -0.25) is 4.79 Å². The van der Waals surface area contributed by atoms with Gasteiger partial charge in [0.25, 0.3) is 0 Å². The van der Waals surface area contributed by atoms with Crippen molar-refractivity contribution in [3.63, 3.8) is 0 Å². The normalized spacial score (nSPS) is 19.7. The first-order valence-corrected chi connectivity index (χ1v) is 6.74. The van der Waals surface area contributed by atoms with E-state index in [4.69, 9.17) is 11.6 Å². The number of amides is 1. The maximum atomic E-state index is 11.6. The zero-order valence-corrected chi connectivity index (χ0v) is 11.1. The second-order valence-corrected chi connectivity index (χ2v) is 5.59. The summed E-state index contributed by atoms with van der Waals surface area (Å²) in [5, 5.41) is 3.45. The molecule has 1 aromatic rings. The molecule has 0 saturated heterocycles. The molecule has 4 nitrogen and oxygen atoms in total. The second kappa shape index (κ2) is 4.48. The summed E-state index contributed by atoms with van der Waals surface area (Å²) in [5.74, 6) is -0.0400. The zero-order chi connectivity index (χ0) is 13.5. The number of anilines is 1. The van der Waals surface area contributed by atoms with Crippen LogP contribution in [0.5, 0.6) is 0 Å². The van der Waals surface area contributed by atoms with Gasteiger partial charge in [0, 0.05) is 10.6 Å². The molecule has 0 bridgehead atoms. The fourth-order valence-corrected chi connectivity index (χ4v) is 3.40. The van der Waals surface area contributed by atoms with E-state index in [-0.39, 0.29) is 5.91 Å². The smallest absolute Gasteiger partial charge is 0.235 e. The lowest BCUT2D eigenvalue weighted by Gasteiger charge is -2.25. The molecule has 0 atom stereocenters. The number of nitrogens with one attached hydrogen (secondary N) is 1. The molecule has 1 N–H and O–H groups in total. The monoisotopic (exact) mass is 276 g/mol. The summed E-state index contributed by atoms with van der Waals surface area (Å²) in [7, 11) is 0. The largest absolute Gasteiger partial charge is 0.325 e. The van der Waals surface area contributed by atoms with Crippen molar-refractivity contribution in [1.29, 1.82) is 0 Å². The number of benzene rings is 1. The van der Waals surface area contributed by atoms with Crippen molar-refractivity contribution in [2.75, 3.05) is 5.32 Å². The van der Waals surface area contributed by atoms with Gasteiger partial charge in [-0.2, -0.15) is 4.99 Å². The van der Waals surface area contributed by atoms with Crippen LogP contribution < -0.4 is 5.32 Å². The van der Waals surface area contributed by atoms with Gasteiger partial charge in [0.1, 0.15) is 5.54 Å². The molecule has 1 aromatic carbocycles. The van der Waals surface area contributed by atoms with Crippen LogP contribution >= 0.6 is 11.6 Å². The molecule has 0 aromatic heterocycles. The predicted molar refractivity (Wildman–Crippen MR) is 72.1 cm³/mol. The predicted octanol–water partition coefficient (Wildman–Crippen LogP) is 2.94. The number of hydrogen-bond acceptors (Lipinski definition) is 3. The van der Waals surface area contributed by atoms with Crippen molar-refractivity contribution in [2.45, 2.75) is 37.6 Å². The van der Waals surface area contributed by atoms with Crippen molar-refractivity contribution >= 4 is 29.3 Å². The van der Waals surface area contributed by atoms with E-state index < -0.39 is 5.54 Å². The van der Waals surface area contributed by atoms with Crippen LogP contribution in [0.4, 0.5) is 5.69 Å². The van der Waals surface area contributed by atoms with Crippen LogP contribution in [-0.4, -0.2) is 12.0 Å². The Morgan fingerprint density at radius 3 is 2.74 bits per heavy atom. The van der Waals surface area contributed by atoms with Gasteiger partial charge in [-0.25, -0.2) is 4.79 Å². The summed E-state index contributed by atoms with van der Waals surface area (Å²) in [6.45, 7) is 0. The molecule has 1 heterocycles. The quantitative estimate of drug-likeness (QED) is 0.667. The number of fused-ring (bicyclic) bond motifs is 1. The Morgan fingerprint density at radius 1 is 1.32 bits per heavy atom. The molecule has 1 aliphatic heterocycles. The van der Waals surface area contributed by atoms with Crippen LogP contribution in [0.3, 0.4) is 0 Å². The molecule has 1 aliphatic carbocycles. The van der Waals surface area contributed by atoms with Crippen LogP contribution in [0, 0.1) is 0 Å². The molecule has 19 heavy (non-hydrogen) atoms. The number of halogens is 1. The third kappa shape index (κ3) is 1.97. The number of rotatable bonds is 2. The molecule has 3 rings (SSSR count). The zero-order valence-electron chi connectivity index (χ0n) is 10.3. The highest BCUT2D eigenvalue weighted by atomic mass is 35.5. The molecule has 1 amide bonds. The lowest BCUT2D eigenvalue weighted by molar-refractivity contribution is -0.115. The standard InChI is InChI=1S/C14H13ClN2O2/c15-10-5-9-6-12(19)17-13(9)11(7-10)14(16-8-18)3-1-2-4-14/h5,7H,1-4,6H2,(H,17,19). The lowest BCUT2D eigenvalue weighted by atomic mass is 9.86. The molecular weight excluding hydrogens is 264 g/mol. The molecule has 5 heteroatoms. The van der Waals surface area contributed by atoms with E-state index in [2.05, 4.69) is 10.3 Å². The number of hydrogen-bond donors (Lipinski definition) is 1. The molecule has 0 radical (unpaired) electrons. The summed E-state index contributed by atoms with van der Waals surface area (Å²) >= 11 is 6.14. The molecule has 1 saturated carbocycles. The van der Waals surface area contributed by atoms with Crippen molar-refractivity contribution in [3.05, 3.63) is 28.3 Å². The Hall–Kier alpha value is -1.64. The highest BCUT2D eigenvalue weighted by Gasteiger charge is 2.39. The highest BCUT2D eigenvalue weighted by Crippen LogP contribution is 2.47. The number of isocyanates is 1. The molecule has 2 aliphatic rings. The van der Waals surface area contributed by atoms with Gasteiger partial charge in [-0.1, -0.05) is 24.4 Å². The SMILES string of the molecule is O=C=NC1(c2cc(Cl)cc3c2NC(=O)C3)CCCC1. The number of carbonyl (C=O) groups excluding carboxylic acids is 2. The van der Waals surface area contributed by atoms with Crippen LogP contribution in [0.2, 0.25) is 5.02 Å². The molecule has 0 unspecified atom stereocenters. The first-order chi connectivity index (χ1) is 9.14. The Balaban J connectivity index is 2.20. The van der Waals surface area contributed by atoms with Gasteiger partial charge in [-0.05, 0) is 30.5 Å². The van der Waals surface area contributed by atoms with Gasteiger partial charge >= 0.3 is 0 Å². The maximum absolute atomic E-state index is 11.6. The Morgan fingerprint density at radius 2 is 2.05 bits per heavy atom. The van der Waals surface area contributed by atoms with E-state index >= 15 is 0 Å². The summed E-state index contributed by atoms with van der Waals surface area (Å²) < 4.78 is 0. The summed E-state index contributed by atoms with van der Waals surface area (Å²) in [6.07, 6.45) is 5.65. The highest BCUT2D eigenvalue weighted by molar-refractivity contribution is 6.31. The van der Waals surface area contributed by atoms with E-state index in [9.17, 15) is 9.59 Å². The van der Waals surface area contributed by atoms with Crippen molar-refractivity contribution < 1.29 is 9.59 Å². The topological polar surface area (TPSA) is 58.5 Å². The van der Waals surface area contributed by atoms with E-state index in [1.807, 2.05) is 6.07 Å². The van der Waals surface area contributed by atoms with Gasteiger partial charge in [0.2, 0.25) is 12.0 Å². The minimum atomic E-state index is -0.561. The van der Waals surface area contributed by atoms with Crippen LogP contribution in [0.25, 0.3) is 0 Å². The summed E-state index contributed by atoms with van der Waals surface area (Å²) in [5.41, 5.74) is 1.98. The Labute approximate surface area is 115 Å². The van der Waals surface area contributed by atoms with Crippen molar-refractivity contribution in [1.82, 2.24) is 0 Å². The third-order valence-corrected chi connectivity index (χ3v) is 4.21. The first kappa shape index (κ1) is 12.4. The van der Waals surface area contributed by atoms with Crippen LogP contribution in [0.1, 0.15) is 36.8 Å². The third-order valence-electron chi connectivity index (χ3n) is 3.99. The van der Waals surface area contributed by atoms with Crippen LogP contribution in [0.15, 0.2) is 17.1 Å². The van der Waals surface area contributed by atoms with E-state index in [1.54, 1.807) is 12.1 Å². The van der Waals surface area contributed by atoms with E-state index in [0.29, 0.717) is 11.4 Å². The lowest BCUT2D eigenvalue weighted by Crippen LogP contribution is -2.21. The van der Waals surface area contributed by atoms with Crippen molar-refractivity contribution in [2.24, 2.45) is 4.99 Å². The van der Waals surface area contributed by atoms with Crippen molar-refractivity contribution in [3.8, 4) is 0 Å². The van der Waals surface area contributed by atoms with Gasteiger partial charge in [0.15, 0.2) is 0 Å². The number of carbonyl (C=O) groups is 1.